The minimum atomic E-state index is -3.70. The van der Waals surface area contributed by atoms with Gasteiger partial charge in [-0.3, -0.25) is 9.59 Å². The zero-order valence-corrected chi connectivity index (χ0v) is 15.8. The third kappa shape index (κ3) is 5.44. The molecule has 1 aromatic carbocycles. The number of hydrogen-bond donors (Lipinski definition) is 1. The first-order chi connectivity index (χ1) is 11.8. The Bertz CT molecular complexity index is 711. The molecule has 138 valence electrons. The summed E-state index contributed by atoms with van der Waals surface area (Å²) in [7, 11) is -3.70. The normalized spacial score (nSPS) is 15.8. The molecular weight excluding hydrogens is 364 g/mol. The molecule has 0 unspecified atom stereocenters. The number of piperidine rings is 1. The maximum Gasteiger partial charge on any atom is 0.238 e. The number of nitrogens with one attached hydrogen (secondary N) is 1. The van der Waals surface area contributed by atoms with Crippen molar-refractivity contribution in [3.05, 3.63) is 29.3 Å². The maximum absolute atomic E-state index is 12.3. The number of rotatable bonds is 6. The molecule has 0 aliphatic carbocycles. The second kappa shape index (κ2) is 8.67. The summed E-state index contributed by atoms with van der Waals surface area (Å²) in [4.78, 5) is 25.9. The van der Waals surface area contributed by atoms with Crippen molar-refractivity contribution in [2.75, 3.05) is 25.4 Å². The first-order valence-corrected chi connectivity index (χ1v) is 10.4. The maximum atomic E-state index is 12.3. The van der Waals surface area contributed by atoms with Crippen LogP contribution in [0.2, 0.25) is 5.02 Å². The lowest BCUT2D eigenvalue weighted by Crippen LogP contribution is -2.44. The number of hydrogen-bond acceptors (Lipinski definition) is 4. The Kier molecular flexibility index (Phi) is 6.84. The molecule has 1 aliphatic rings. The molecular formula is C17H23ClN2O4S. The highest BCUT2D eigenvalue weighted by molar-refractivity contribution is 7.92. The molecule has 0 radical (unpaired) electrons. The lowest BCUT2D eigenvalue weighted by atomic mass is 9.96. The molecule has 2 amide bonds. The molecule has 2 rings (SSSR count). The van der Waals surface area contributed by atoms with Crippen molar-refractivity contribution in [2.45, 2.75) is 31.1 Å². The van der Waals surface area contributed by atoms with Crippen LogP contribution < -0.4 is 5.32 Å². The fourth-order valence-corrected chi connectivity index (χ4v) is 4.11. The highest BCUT2D eigenvalue weighted by Gasteiger charge is 2.29. The molecule has 25 heavy (non-hydrogen) atoms. The second-order valence-corrected chi connectivity index (χ2v) is 8.59. The summed E-state index contributed by atoms with van der Waals surface area (Å²) in [6.07, 6.45) is 2.00. The van der Waals surface area contributed by atoms with Gasteiger partial charge in [-0.25, -0.2) is 8.42 Å². The number of sulfone groups is 1. The largest absolute Gasteiger partial charge is 0.356 e. The van der Waals surface area contributed by atoms with E-state index < -0.39 is 21.5 Å². The van der Waals surface area contributed by atoms with Crippen molar-refractivity contribution in [3.63, 3.8) is 0 Å². The first kappa shape index (κ1) is 19.7. The minimum absolute atomic E-state index is 0.0164. The van der Waals surface area contributed by atoms with Crippen LogP contribution in [-0.4, -0.2) is 50.5 Å². The monoisotopic (exact) mass is 386 g/mol. The predicted molar refractivity (Wildman–Crippen MR) is 96.1 cm³/mol. The van der Waals surface area contributed by atoms with E-state index in [0.29, 0.717) is 37.5 Å². The summed E-state index contributed by atoms with van der Waals surface area (Å²) in [5.41, 5.74) is 0. The van der Waals surface area contributed by atoms with Gasteiger partial charge >= 0.3 is 0 Å². The number of likely N-dealkylation sites (tertiary alicyclic amines) is 1. The Morgan fingerprint density at radius 1 is 1.20 bits per heavy atom. The molecule has 1 N–H and O–H groups in total. The smallest absolute Gasteiger partial charge is 0.238 e. The van der Waals surface area contributed by atoms with Gasteiger partial charge < -0.3 is 10.2 Å². The van der Waals surface area contributed by atoms with Crippen molar-refractivity contribution >= 4 is 33.3 Å². The van der Waals surface area contributed by atoms with E-state index in [1.54, 1.807) is 0 Å². The molecule has 0 atom stereocenters. The van der Waals surface area contributed by atoms with E-state index in [4.69, 9.17) is 11.6 Å². The Balaban J connectivity index is 1.90. The van der Waals surface area contributed by atoms with Gasteiger partial charge in [0.1, 0.15) is 5.75 Å². The van der Waals surface area contributed by atoms with Gasteiger partial charge in [0, 0.05) is 30.6 Å². The van der Waals surface area contributed by atoms with Crippen molar-refractivity contribution in [1.29, 1.82) is 0 Å². The number of nitrogens with zero attached hydrogens (tertiary/aromatic N) is 1. The number of halogens is 1. The van der Waals surface area contributed by atoms with Crippen LogP contribution in [0.1, 0.15) is 26.2 Å². The zero-order valence-electron chi connectivity index (χ0n) is 14.2. The highest BCUT2D eigenvalue weighted by Crippen LogP contribution is 2.20. The Morgan fingerprint density at radius 3 is 2.36 bits per heavy atom. The molecule has 1 aromatic rings. The van der Waals surface area contributed by atoms with E-state index >= 15 is 0 Å². The van der Waals surface area contributed by atoms with Gasteiger partial charge in [-0.15, -0.1) is 0 Å². The molecule has 8 heteroatoms. The quantitative estimate of drug-likeness (QED) is 0.809. The van der Waals surface area contributed by atoms with E-state index in [1.807, 2.05) is 6.92 Å². The van der Waals surface area contributed by atoms with Crippen molar-refractivity contribution < 1.29 is 18.0 Å². The SMILES string of the molecule is CCCNC(=O)C1CCN(C(=O)CS(=O)(=O)c2ccc(Cl)cc2)CC1. The predicted octanol–water partition coefficient (Wildman–Crippen LogP) is 1.88. The highest BCUT2D eigenvalue weighted by atomic mass is 35.5. The van der Waals surface area contributed by atoms with Crippen LogP contribution in [0, 0.1) is 5.92 Å². The molecule has 1 aliphatic heterocycles. The lowest BCUT2D eigenvalue weighted by Gasteiger charge is -2.31. The van der Waals surface area contributed by atoms with E-state index in [0.717, 1.165) is 6.42 Å². The number of amides is 2. The van der Waals surface area contributed by atoms with Crippen LogP contribution in [0.3, 0.4) is 0 Å². The molecule has 1 saturated heterocycles. The standard InChI is InChI=1S/C17H23ClN2O4S/c1-2-9-19-17(22)13-7-10-20(11-8-13)16(21)12-25(23,24)15-5-3-14(18)4-6-15/h3-6,13H,2,7-12H2,1H3,(H,19,22). The fourth-order valence-electron chi connectivity index (χ4n) is 2.76. The minimum Gasteiger partial charge on any atom is -0.356 e. The summed E-state index contributed by atoms with van der Waals surface area (Å²) >= 11 is 5.76. The van der Waals surface area contributed by atoms with Crippen molar-refractivity contribution in [2.24, 2.45) is 5.92 Å². The Hall–Kier alpha value is -1.60. The fraction of sp³-hybridized carbons (Fsp3) is 0.529. The Morgan fingerprint density at radius 2 is 1.80 bits per heavy atom. The van der Waals surface area contributed by atoms with Crippen LogP contribution in [0.4, 0.5) is 0 Å². The van der Waals surface area contributed by atoms with Gasteiger partial charge in [0.25, 0.3) is 0 Å². The van der Waals surface area contributed by atoms with Gasteiger partial charge in [-0.2, -0.15) is 0 Å². The van der Waals surface area contributed by atoms with E-state index in [-0.39, 0.29) is 16.7 Å². The molecule has 0 spiro atoms. The van der Waals surface area contributed by atoms with Crippen molar-refractivity contribution in [3.8, 4) is 0 Å². The third-order valence-electron chi connectivity index (χ3n) is 4.25. The van der Waals surface area contributed by atoms with Gasteiger partial charge in [0.15, 0.2) is 9.84 Å². The number of carbonyl (C=O) groups is 2. The third-order valence-corrected chi connectivity index (χ3v) is 6.12. The zero-order chi connectivity index (χ0) is 18.4. The summed E-state index contributed by atoms with van der Waals surface area (Å²) in [6, 6.07) is 5.77. The topological polar surface area (TPSA) is 83.6 Å². The van der Waals surface area contributed by atoms with Crippen LogP contribution in [0.5, 0.6) is 0 Å². The summed E-state index contributed by atoms with van der Waals surface area (Å²) in [5, 5.41) is 3.30. The average molecular weight is 387 g/mol. The summed E-state index contributed by atoms with van der Waals surface area (Å²) in [6.45, 7) is 3.44. The van der Waals surface area contributed by atoms with E-state index in [9.17, 15) is 18.0 Å². The van der Waals surface area contributed by atoms with Gasteiger partial charge in [-0.1, -0.05) is 18.5 Å². The summed E-state index contributed by atoms with van der Waals surface area (Å²) in [5.74, 6) is -1.09. The molecule has 0 aromatic heterocycles. The molecule has 1 fully saturated rings. The van der Waals surface area contributed by atoms with Crippen LogP contribution in [-0.2, 0) is 19.4 Å². The van der Waals surface area contributed by atoms with Gasteiger partial charge in [-0.05, 0) is 43.5 Å². The average Bonchev–Trinajstić information content (AvgIpc) is 2.59. The van der Waals surface area contributed by atoms with Crippen LogP contribution in [0.25, 0.3) is 0 Å². The van der Waals surface area contributed by atoms with E-state index in [1.165, 1.54) is 29.2 Å². The molecule has 0 saturated carbocycles. The first-order valence-electron chi connectivity index (χ1n) is 8.37. The second-order valence-electron chi connectivity index (χ2n) is 6.16. The van der Waals surface area contributed by atoms with Gasteiger partial charge in [0.05, 0.1) is 4.90 Å². The summed E-state index contributed by atoms with van der Waals surface area (Å²) < 4.78 is 24.7. The molecule has 1 heterocycles. The van der Waals surface area contributed by atoms with E-state index in [2.05, 4.69) is 5.32 Å². The van der Waals surface area contributed by atoms with Gasteiger partial charge in [0.2, 0.25) is 11.8 Å². The van der Waals surface area contributed by atoms with Crippen molar-refractivity contribution in [1.82, 2.24) is 10.2 Å². The molecule has 0 bridgehead atoms. The number of carbonyl (C=O) groups excluding carboxylic acids is 2. The number of benzene rings is 1. The van der Waals surface area contributed by atoms with Crippen LogP contribution >= 0.6 is 11.6 Å². The lowest BCUT2D eigenvalue weighted by molar-refractivity contribution is -0.133. The van der Waals surface area contributed by atoms with Crippen LogP contribution in [0.15, 0.2) is 29.2 Å². The Labute approximate surface area is 153 Å². The molecule has 6 nitrogen and oxygen atoms in total.